The standard InChI is InChI=1S/C19H15Cl2NO6/c20-12-3-6-14(15(21)9-12)16(23)10-28-19(27)11-1-4-13(5-2-11)22-17(24)7-8-18(25)26/h1-6,9H,7-8,10H2,(H,22,24)(H,25,26)/p-1. The minimum absolute atomic E-state index is 0.160. The summed E-state index contributed by atoms with van der Waals surface area (Å²) in [4.78, 5) is 46.0. The van der Waals surface area contributed by atoms with Gasteiger partial charge in [-0.1, -0.05) is 23.2 Å². The Morgan fingerprint density at radius 3 is 2.25 bits per heavy atom. The number of aliphatic carboxylic acids is 1. The van der Waals surface area contributed by atoms with E-state index in [0.29, 0.717) is 10.7 Å². The van der Waals surface area contributed by atoms with Crippen LogP contribution in [-0.4, -0.2) is 30.2 Å². The Hall–Kier alpha value is -2.90. The number of amides is 1. The van der Waals surface area contributed by atoms with Crippen molar-refractivity contribution in [3.63, 3.8) is 0 Å². The predicted molar refractivity (Wildman–Crippen MR) is 100 cm³/mol. The summed E-state index contributed by atoms with van der Waals surface area (Å²) in [5.74, 6) is -3.02. The number of carbonyl (C=O) groups excluding carboxylic acids is 4. The van der Waals surface area contributed by atoms with Gasteiger partial charge >= 0.3 is 5.97 Å². The number of carboxylic acids is 1. The lowest BCUT2D eigenvalue weighted by Gasteiger charge is -2.08. The molecule has 0 saturated heterocycles. The van der Waals surface area contributed by atoms with Crippen molar-refractivity contribution in [2.24, 2.45) is 0 Å². The van der Waals surface area contributed by atoms with E-state index in [0.717, 1.165) is 0 Å². The molecule has 1 N–H and O–H groups in total. The van der Waals surface area contributed by atoms with Crippen LogP contribution in [0, 0.1) is 0 Å². The number of rotatable bonds is 8. The molecule has 0 aliphatic carbocycles. The maximum absolute atomic E-state index is 12.1. The fourth-order valence-electron chi connectivity index (χ4n) is 2.14. The molecule has 0 bridgehead atoms. The minimum Gasteiger partial charge on any atom is -0.550 e. The Bertz CT molecular complexity index is 911. The molecule has 0 aromatic heterocycles. The van der Waals surface area contributed by atoms with Crippen molar-refractivity contribution in [1.82, 2.24) is 0 Å². The maximum atomic E-state index is 12.1. The largest absolute Gasteiger partial charge is 0.550 e. The molecule has 2 aromatic rings. The Morgan fingerprint density at radius 1 is 0.964 bits per heavy atom. The number of ether oxygens (including phenoxy) is 1. The van der Waals surface area contributed by atoms with Crippen molar-refractivity contribution in [3.8, 4) is 0 Å². The molecule has 7 nitrogen and oxygen atoms in total. The van der Waals surface area contributed by atoms with Crippen molar-refractivity contribution in [2.45, 2.75) is 12.8 Å². The van der Waals surface area contributed by atoms with E-state index >= 15 is 0 Å². The molecule has 0 unspecified atom stereocenters. The molecule has 0 aliphatic heterocycles. The number of carbonyl (C=O) groups is 4. The number of anilines is 1. The Labute approximate surface area is 170 Å². The topological polar surface area (TPSA) is 113 Å². The van der Waals surface area contributed by atoms with E-state index in [1.165, 1.54) is 42.5 Å². The Kier molecular flexibility index (Phi) is 7.54. The highest BCUT2D eigenvalue weighted by atomic mass is 35.5. The average molecular weight is 423 g/mol. The van der Waals surface area contributed by atoms with Crippen LogP contribution < -0.4 is 10.4 Å². The molecule has 0 heterocycles. The molecule has 1 amide bonds. The van der Waals surface area contributed by atoms with Gasteiger partial charge in [-0.25, -0.2) is 4.79 Å². The zero-order valence-corrected chi connectivity index (χ0v) is 15.9. The molecule has 0 spiro atoms. The van der Waals surface area contributed by atoms with Crippen molar-refractivity contribution in [2.75, 3.05) is 11.9 Å². The molecule has 28 heavy (non-hydrogen) atoms. The summed E-state index contributed by atoms with van der Waals surface area (Å²) in [6.07, 6.45) is -0.608. The van der Waals surface area contributed by atoms with Gasteiger partial charge in [-0.2, -0.15) is 0 Å². The highest BCUT2D eigenvalue weighted by Crippen LogP contribution is 2.21. The van der Waals surface area contributed by atoms with E-state index in [1.54, 1.807) is 0 Å². The summed E-state index contributed by atoms with van der Waals surface area (Å²) in [6.45, 7) is -0.498. The number of hydrogen-bond acceptors (Lipinski definition) is 6. The van der Waals surface area contributed by atoms with Gasteiger partial charge in [-0.3, -0.25) is 9.59 Å². The van der Waals surface area contributed by atoms with Gasteiger partial charge in [0.15, 0.2) is 6.61 Å². The number of hydrogen-bond donors (Lipinski definition) is 1. The summed E-state index contributed by atoms with van der Waals surface area (Å²) in [6, 6.07) is 10.1. The lowest BCUT2D eigenvalue weighted by Crippen LogP contribution is -2.24. The second-order valence-electron chi connectivity index (χ2n) is 5.62. The summed E-state index contributed by atoms with van der Waals surface area (Å²) in [5.41, 5.74) is 0.736. The SMILES string of the molecule is O=C([O-])CCC(=O)Nc1ccc(C(=O)OCC(=O)c2ccc(Cl)cc2Cl)cc1. The number of nitrogens with one attached hydrogen (secondary N) is 1. The molecule has 9 heteroatoms. The van der Waals surface area contributed by atoms with Crippen LogP contribution >= 0.6 is 23.2 Å². The number of benzene rings is 2. The van der Waals surface area contributed by atoms with E-state index in [9.17, 15) is 24.3 Å². The van der Waals surface area contributed by atoms with Crippen LogP contribution in [0.3, 0.4) is 0 Å². The van der Waals surface area contributed by atoms with Crippen LogP contribution in [0.4, 0.5) is 5.69 Å². The number of ketones is 1. The fraction of sp³-hybridized carbons (Fsp3) is 0.158. The first-order valence-corrected chi connectivity index (χ1v) is 8.77. The highest BCUT2D eigenvalue weighted by molar-refractivity contribution is 6.36. The average Bonchev–Trinajstić information content (AvgIpc) is 2.64. The first kappa shape index (κ1) is 21.4. The summed E-state index contributed by atoms with van der Waals surface area (Å²) < 4.78 is 4.98. The van der Waals surface area contributed by atoms with Crippen LogP contribution in [0.5, 0.6) is 0 Å². The number of carboxylic acid groups (broad SMARTS) is 1. The van der Waals surface area contributed by atoms with Gasteiger partial charge in [0.25, 0.3) is 0 Å². The highest BCUT2D eigenvalue weighted by Gasteiger charge is 2.15. The van der Waals surface area contributed by atoms with E-state index in [-0.39, 0.29) is 29.0 Å². The maximum Gasteiger partial charge on any atom is 0.338 e. The van der Waals surface area contributed by atoms with E-state index < -0.39 is 30.2 Å². The van der Waals surface area contributed by atoms with Gasteiger partial charge in [0.2, 0.25) is 11.7 Å². The molecule has 0 radical (unpaired) electrons. The molecular weight excluding hydrogens is 409 g/mol. The van der Waals surface area contributed by atoms with Crippen molar-refractivity contribution in [3.05, 3.63) is 63.6 Å². The molecule has 2 rings (SSSR count). The predicted octanol–water partition coefficient (Wildman–Crippen LogP) is 2.50. The molecule has 0 aliphatic rings. The fourth-order valence-corrected chi connectivity index (χ4v) is 2.65. The third-order valence-corrected chi connectivity index (χ3v) is 4.07. The van der Waals surface area contributed by atoms with Gasteiger partial charge in [-0.15, -0.1) is 0 Å². The van der Waals surface area contributed by atoms with Gasteiger partial charge in [0, 0.05) is 28.7 Å². The summed E-state index contributed by atoms with van der Waals surface area (Å²) in [7, 11) is 0. The van der Waals surface area contributed by atoms with Crippen LogP contribution in [0.2, 0.25) is 10.0 Å². The third-order valence-electron chi connectivity index (χ3n) is 3.53. The zero-order chi connectivity index (χ0) is 20.7. The molecule has 2 aromatic carbocycles. The molecule has 0 atom stereocenters. The first-order chi connectivity index (χ1) is 13.3. The lowest BCUT2D eigenvalue weighted by molar-refractivity contribution is -0.305. The Balaban J connectivity index is 1.89. The van der Waals surface area contributed by atoms with E-state index in [4.69, 9.17) is 27.9 Å². The van der Waals surface area contributed by atoms with Crippen LogP contribution in [0.25, 0.3) is 0 Å². The van der Waals surface area contributed by atoms with Gasteiger partial charge in [-0.05, 0) is 48.9 Å². The lowest BCUT2D eigenvalue weighted by atomic mass is 10.1. The smallest absolute Gasteiger partial charge is 0.338 e. The molecule has 0 saturated carbocycles. The number of esters is 1. The van der Waals surface area contributed by atoms with Crippen molar-refractivity contribution < 1.29 is 29.0 Å². The van der Waals surface area contributed by atoms with Gasteiger partial charge < -0.3 is 20.0 Å². The van der Waals surface area contributed by atoms with E-state index in [1.807, 2.05) is 0 Å². The molecular formula is C19H14Cl2NO6-. The van der Waals surface area contributed by atoms with Crippen molar-refractivity contribution in [1.29, 1.82) is 0 Å². The minimum atomic E-state index is -1.32. The Morgan fingerprint density at radius 2 is 1.64 bits per heavy atom. The van der Waals surface area contributed by atoms with Gasteiger partial charge in [0.05, 0.1) is 10.6 Å². The van der Waals surface area contributed by atoms with Crippen LogP contribution in [-0.2, 0) is 14.3 Å². The quantitative estimate of drug-likeness (QED) is 0.516. The van der Waals surface area contributed by atoms with E-state index in [2.05, 4.69) is 5.32 Å². The monoisotopic (exact) mass is 422 g/mol. The van der Waals surface area contributed by atoms with Crippen LogP contribution in [0.15, 0.2) is 42.5 Å². The first-order valence-electron chi connectivity index (χ1n) is 8.01. The molecule has 0 fully saturated rings. The number of halogens is 2. The summed E-state index contributed by atoms with van der Waals surface area (Å²) in [5, 5.41) is 13.4. The summed E-state index contributed by atoms with van der Waals surface area (Å²) >= 11 is 11.7. The van der Waals surface area contributed by atoms with Crippen LogP contribution in [0.1, 0.15) is 33.6 Å². The normalized spacial score (nSPS) is 10.2. The zero-order valence-electron chi connectivity index (χ0n) is 14.4. The van der Waals surface area contributed by atoms with Gasteiger partial charge in [0.1, 0.15) is 0 Å². The third kappa shape index (κ3) is 6.37. The second kappa shape index (κ2) is 9.87. The second-order valence-corrected chi connectivity index (χ2v) is 6.46. The molecule has 146 valence electrons. The van der Waals surface area contributed by atoms with Crippen molar-refractivity contribution >= 4 is 52.5 Å². The number of Topliss-reactive ketones (excluding diaryl/α,β-unsaturated/α-hetero) is 1.